The number of ether oxygens (including phenoxy) is 4. The van der Waals surface area contributed by atoms with E-state index in [9.17, 15) is 14.7 Å². The first-order valence-electron chi connectivity index (χ1n) is 12.5. The van der Waals surface area contributed by atoms with Crippen molar-refractivity contribution in [1.29, 1.82) is 0 Å². The zero-order valence-electron chi connectivity index (χ0n) is 22.7. The Bertz CT molecular complexity index is 1160. The molecule has 0 radical (unpaired) electrons. The molecule has 1 aliphatic rings. The van der Waals surface area contributed by atoms with Gasteiger partial charge in [0, 0.05) is 18.7 Å². The molecule has 9 nitrogen and oxygen atoms in total. The topological polar surface area (TPSA) is 97.8 Å². The third-order valence-electron chi connectivity index (χ3n) is 6.59. The summed E-state index contributed by atoms with van der Waals surface area (Å²) >= 11 is 0. The minimum Gasteiger partial charge on any atom is -0.507 e. The van der Waals surface area contributed by atoms with Crippen LogP contribution in [-0.4, -0.2) is 80.7 Å². The molecular formula is C29H36N2O7. The predicted molar refractivity (Wildman–Crippen MR) is 145 cm³/mol. The van der Waals surface area contributed by atoms with Crippen molar-refractivity contribution in [3.05, 3.63) is 65.8 Å². The second kappa shape index (κ2) is 13.0. The van der Waals surface area contributed by atoms with E-state index in [-0.39, 0.29) is 11.3 Å². The molecule has 1 aliphatic heterocycles. The van der Waals surface area contributed by atoms with Gasteiger partial charge in [-0.05, 0) is 55.1 Å². The number of benzene rings is 2. The van der Waals surface area contributed by atoms with Crippen molar-refractivity contribution in [2.24, 2.45) is 0 Å². The number of carbonyl (C=O) groups excluding carboxylic acids is 2. The molecule has 0 aromatic heterocycles. The van der Waals surface area contributed by atoms with Crippen molar-refractivity contribution < 1.29 is 33.6 Å². The van der Waals surface area contributed by atoms with Crippen LogP contribution >= 0.6 is 0 Å². The van der Waals surface area contributed by atoms with Gasteiger partial charge in [0.25, 0.3) is 11.7 Å². The number of methoxy groups -OCH3 is 3. The van der Waals surface area contributed by atoms with Crippen LogP contribution in [0.15, 0.2) is 54.6 Å². The second-order valence-electron chi connectivity index (χ2n) is 8.60. The lowest BCUT2D eigenvalue weighted by atomic mass is 9.94. The van der Waals surface area contributed by atoms with Gasteiger partial charge in [0.1, 0.15) is 18.1 Å². The summed E-state index contributed by atoms with van der Waals surface area (Å²) in [7, 11) is 4.49. The third kappa shape index (κ3) is 5.78. The standard InChI is InChI=1S/C29H36N2O7/c1-7-16-38-21-12-10-19(11-13-21)26(32)24-25(20-17-22(35-4)28(37-6)23(18-20)36-5)31(29(34)27(24)33)15-14-30(8-2)9-3/h7,10-13,17-18,25,32H,1,8-9,14-16H2,2-6H3/b26-24+. The number of likely N-dealkylation sites (N-methyl/N-ethyl adjacent to an activating group) is 1. The van der Waals surface area contributed by atoms with Crippen molar-refractivity contribution >= 4 is 17.4 Å². The number of ketones is 1. The summed E-state index contributed by atoms with van der Waals surface area (Å²) in [6.45, 7) is 10.5. The Morgan fingerprint density at radius 1 is 1.03 bits per heavy atom. The highest BCUT2D eigenvalue weighted by Crippen LogP contribution is 2.45. The molecule has 1 saturated heterocycles. The number of carbonyl (C=O) groups is 2. The minimum atomic E-state index is -0.865. The molecule has 1 fully saturated rings. The van der Waals surface area contributed by atoms with Crippen LogP contribution in [0.1, 0.15) is 31.0 Å². The summed E-state index contributed by atoms with van der Waals surface area (Å²) in [6.07, 6.45) is 1.63. The van der Waals surface area contributed by atoms with Gasteiger partial charge in [0.2, 0.25) is 5.75 Å². The van der Waals surface area contributed by atoms with Gasteiger partial charge in [0.05, 0.1) is 32.9 Å². The van der Waals surface area contributed by atoms with Crippen molar-refractivity contribution in [2.75, 3.05) is 54.1 Å². The highest BCUT2D eigenvalue weighted by Gasteiger charge is 2.46. The maximum Gasteiger partial charge on any atom is 0.295 e. The highest BCUT2D eigenvalue weighted by atomic mass is 16.5. The molecule has 9 heteroatoms. The monoisotopic (exact) mass is 524 g/mol. The summed E-state index contributed by atoms with van der Waals surface area (Å²) in [5, 5.41) is 11.4. The van der Waals surface area contributed by atoms with Crippen LogP contribution in [0.25, 0.3) is 5.76 Å². The number of hydrogen-bond acceptors (Lipinski definition) is 8. The quantitative estimate of drug-likeness (QED) is 0.182. The summed E-state index contributed by atoms with van der Waals surface area (Å²) < 4.78 is 22.0. The number of hydrogen-bond donors (Lipinski definition) is 1. The molecule has 204 valence electrons. The third-order valence-corrected chi connectivity index (χ3v) is 6.59. The van der Waals surface area contributed by atoms with Crippen molar-refractivity contribution in [2.45, 2.75) is 19.9 Å². The molecule has 3 rings (SSSR count). The van der Waals surface area contributed by atoms with E-state index >= 15 is 0 Å². The van der Waals surface area contributed by atoms with Crippen LogP contribution in [-0.2, 0) is 9.59 Å². The molecule has 0 spiro atoms. The average molecular weight is 525 g/mol. The molecule has 0 aliphatic carbocycles. The lowest BCUT2D eigenvalue weighted by Crippen LogP contribution is -2.38. The number of rotatable bonds is 13. The fourth-order valence-corrected chi connectivity index (χ4v) is 4.53. The molecule has 1 amide bonds. The normalized spacial score (nSPS) is 16.6. The van der Waals surface area contributed by atoms with E-state index in [4.69, 9.17) is 18.9 Å². The van der Waals surface area contributed by atoms with Crippen LogP contribution in [0.3, 0.4) is 0 Å². The van der Waals surface area contributed by atoms with Crippen molar-refractivity contribution in [1.82, 2.24) is 9.80 Å². The summed E-state index contributed by atoms with van der Waals surface area (Å²) in [5.41, 5.74) is 0.921. The first-order chi connectivity index (χ1) is 18.3. The molecule has 0 saturated carbocycles. The highest BCUT2D eigenvalue weighted by molar-refractivity contribution is 6.46. The number of amides is 1. The summed E-state index contributed by atoms with van der Waals surface area (Å²) in [5.74, 6) is 0.00921. The molecule has 2 aromatic rings. The second-order valence-corrected chi connectivity index (χ2v) is 8.60. The predicted octanol–water partition coefficient (Wildman–Crippen LogP) is 4.04. The Morgan fingerprint density at radius 2 is 1.63 bits per heavy atom. The van der Waals surface area contributed by atoms with Gasteiger partial charge in [-0.1, -0.05) is 26.5 Å². The summed E-state index contributed by atoms with van der Waals surface area (Å²) in [4.78, 5) is 30.4. The minimum absolute atomic E-state index is 0.0106. The average Bonchev–Trinajstić information content (AvgIpc) is 3.20. The Kier molecular flexibility index (Phi) is 9.78. The molecule has 1 heterocycles. The molecule has 38 heavy (non-hydrogen) atoms. The Labute approximate surface area is 223 Å². The van der Waals surface area contributed by atoms with E-state index in [2.05, 4.69) is 11.5 Å². The van der Waals surface area contributed by atoms with E-state index in [1.807, 2.05) is 13.8 Å². The van der Waals surface area contributed by atoms with Gasteiger partial charge in [0.15, 0.2) is 11.5 Å². The molecular weight excluding hydrogens is 488 g/mol. The Hall–Kier alpha value is -3.98. The van der Waals surface area contributed by atoms with Crippen molar-refractivity contribution in [3.63, 3.8) is 0 Å². The van der Waals surface area contributed by atoms with E-state index in [1.54, 1.807) is 42.5 Å². The maximum atomic E-state index is 13.4. The molecule has 0 bridgehead atoms. The van der Waals surface area contributed by atoms with Crippen LogP contribution in [0.5, 0.6) is 23.0 Å². The Morgan fingerprint density at radius 3 is 2.13 bits per heavy atom. The van der Waals surface area contributed by atoms with E-state index in [1.165, 1.54) is 26.2 Å². The largest absolute Gasteiger partial charge is 0.507 e. The lowest BCUT2D eigenvalue weighted by Gasteiger charge is -2.29. The maximum absolute atomic E-state index is 13.4. The van der Waals surface area contributed by atoms with Crippen LogP contribution < -0.4 is 18.9 Å². The summed E-state index contributed by atoms with van der Waals surface area (Å²) in [6, 6.07) is 9.18. The van der Waals surface area contributed by atoms with Gasteiger partial charge in [-0.25, -0.2) is 0 Å². The lowest BCUT2D eigenvalue weighted by molar-refractivity contribution is -0.140. The number of aliphatic hydroxyl groups excluding tert-OH is 1. The molecule has 1 N–H and O–H groups in total. The number of likely N-dealkylation sites (tertiary alicyclic amines) is 1. The number of nitrogens with zero attached hydrogens (tertiary/aromatic N) is 2. The van der Waals surface area contributed by atoms with E-state index in [0.29, 0.717) is 53.8 Å². The smallest absolute Gasteiger partial charge is 0.295 e. The molecule has 2 aromatic carbocycles. The van der Waals surface area contributed by atoms with E-state index < -0.39 is 17.7 Å². The molecule has 1 atom stereocenters. The van der Waals surface area contributed by atoms with Crippen LogP contribution in [0, 0.1) is 0 Å². The fourth-order valence-electron chi connectivity index (χ4n) is 4.53. The van der Waals surface area contributed by atoms with Gasteiger partial charge in [-0.2, -0.15) is 0 Å². The Balaban J connectivity index is 2.17. The number of aliphatic hydroxyl groups is 1. The van der Waals surface area contributed by atoms with Gasteiger partial charge in [-0.15, -0.1) is 0 Å². The van der Waals surface area contributed by atoms with Gasteiger partial charge in [-0.3, -0.25) is 9.59 Å². The van der Waals surface area contributed by atoms with Gasteiger partial charge < -0.3 is 33.9 Å². The zero-order chi connectivity index (χ0) is 27.8. The van der Waals surface area contributed by atoms with Gasteiger partial charge >= 0.3 is 0 Å². The zero-order valence-corrected chi connectivity index (χ0v) is 22.7. The first kappa shape index (κ1) is 28.6. The van der Waals surface area contributed by atoms with Crippen LogP contribution in [0.4, 0.5) is 0 Å². The van der Waals surface area contributed by atoms with E-state index in [0.717, 1.165) is 13.1 Å². The molecule has 1 unspecified atom stereocenters. The fraction of sp³-hybridized carbons (Fsp3) is 0.379. The van der Waals surface area contributed by atoms with Crippen molar-refractivity contribution in [3.8, 4) is 23.0 Å². The number of Topliss-reactive ketones (excluding diaryl/α,β-unsaturated/α-hetero) is 1. The van der Waals surface area contributed by atoms with Crippen LogP contribution in [0.2, 0.25) is 0 Å². The first-order valence-corrected chi connectivity index (χ1v) is 12.5. The SMILES string of the molecule is C=CCOc1ccc(/C(O)=C2\C(=O)C(=O)N(CCN(CC)CC)C2c2cc(OC)c(OC)c(OC)c2)cc1.